The Hall–Kier alpha value is -0.620. The Kier molecular flexibility index (Phi) is 6.68. The van der Waals surface area contributed by atoms with Crippen molar-refractivity contribution in [1.82, 2.24) is 5.32 Å². The summed E-state index contributed by atoms with van der Waals surface area (Å²) >= 11 is 0. The average Bonchev–Trinajstić information content (AvgIpc) is 3.07. The second-order valence-electron chi connectivity index (χ2n) is 6.83. The summed E-state index contributed by atoms with van der Waals surface area (Å²) < 4.78 is 24.4. The van der Waals surface area contributed by atoms with E-state index in [1.807, 2.05) is 0 Å². The smallest absolute Gasteiger partial charge is 0.221 e. The number of nitrogens with two attached hydrogens (primary N) is 1. The minimum Gasteiger partial charge on any atom is -0.352 e. The fourth-order valence-electron chi connectivity index (χ4n) is 3.83. The van der Waals surface area contributed by atoms with Crippen LogP contribution in [0.2, 0.25) is 0 Å². The van der Waals surface area contributed by atoms with Crippen LogP contribution in [0.25, 0.3) is 0 Å². The highest BCUT2D eigenvalue weighted by molar-refractivity contribution is 7.92. The van der Waals surface area contributed by atoms with Crippen LogP contribution in [0.4, 0.5) is 0 Å². The maximum atomic E-state index is 12.2. The lowest BCUT2D eigenvalue weighted by Crippen LogP contribution is -2.46. The largest absolute Gasteiger partial charge is 0.352 e. The fraction of sp³-hybridized carbons (Fsp3) is 0.938. The highest BCUT2D eigenvalue weighted by Gasteiger charge is 2.29. The molecule has 2 aliphatic carbocycles. The van der Waals surface area contributed by atoms with Crippen molar-refractivity contribution >= 4 is 15.7 Å². The maximum Gasteiger partial charge on any atom is 0.221 e. The maximum absolute atomic E-state index is 12.2. The van der Waals surface area contributed by atoms with Gasteiger partial charge in [-0.2, -0.15) is 0 Å². The Morgan fingerprint density at radius 1 is 1.05 bits per heavy atom. The van der Waals surface area contributed by atoms with Crippen LogP contribution in [-0.4, -0.2) is 37.9 Å². The zero-order valence-corrected chi connectivity index (χ0v) is 14.2. The summed E-state index contributed by atoms with van der Waals surface area (Å²) in [6, 6.07) is 0.00184. The lowest BCUT2D eigenvalue weighted by atomic mass is 9.84. The molecular formula is C16H30N2O3S. The van der Waals surface area contributed by atoms with Gasteiger partial charge in [-0.1, -0.05) is 32.1 Å². The van der Waals surface area contributed by atoms with Gasteiger partial charge in [-0.05, 0) is 31.6 Å². The molecule has 0 saturated heterocycles. The molecule has 2 rings (SSSR count). The lowest BCUT2D eigenvalue weighted by Gasteiger charge is -2.30. The summed E-state index contributed by atoms with van der Waals surface area (Å²) in [5.74, 6) is 0.266. The molecule has 128 valence electrons. The molecule has 1 amide bonds. The van der Waals surface area contributed by atoms with Crippen LogP contribution in [0.15, 0.2) is 0 Å². The van der Waals surface area contributed by atoms with Gasteiger partial charge in [0.05, 0.1) is 11.0 Å². The quantitative estimate of drug-likeness (QED) is 0.744. The van der Waals surface area contributed by atoms with Crippen LogP contribution in [-0.2, 0) is 14.6 Å². The van der Waals surface area contributed by atoms with Gasteiger partial charge in [0, 0.05) is 19.0 Å². The normalized spacial score (nSPS) is 22.6. The molecule has 0 bridgehead atoms. The van der Waals surface area contributed by atoms with Gasteiger partial charge in [0.15, 0.2) is 9.84 Å². The zero-order valence-electron chi connectivity index (χ0n) is 13.4. The van der Waals surface area contributed by atoms with E-state index in [9.17, 15) is 13.2 Å². The first-order valence-electron chi connectivity index (χ1n) is 8.74. The Labute approximate surface area is 134 Å². The first-order chi connectivity index (χ1) is 10.5. The van der Waals surface area contributed by atoms with Crippen molar-refractivity contribution in [3.8, 4) is 0 Å². The topological polar surface area (TPSA) is 89.3 Å². The molecule has 0 aliphatic heterocycles. The van der Waals surface area contributed by atoms with Gasteiger partial charge >= 0.3 is 0 Å². The highest BCUT2D eigenvalue weighted by Crippen LogP contribution is 2.27. The number of carbonyl (C=O) groups excluding carboxylic acids is 1. The van der Waals surface area contributed by atoms with Gasteiger partial charge in [-0.25, -0.2) is 8.42 Å². The van der Waals surface area contributed by atoms with Crippen molar-refractivity contribution in [3.63, 3.8) is 0 Å². The molecule has 0 aromatic carbocycles. The van der Waals surface area contributed by atoms with Crippen molar-refractivity contribution in [1.29, 1.82) is 0 Å². The summed E-state index contributed by atoms with van der Waals surface area (Å²) in [6.45, 7) is 0.436. The molecule has 5 nitrogen and oxygen atoms in total. The summed E-state index contributed by atoms with van der Waals surface area (Å²) in [5, 5.41) is 2.75. The van der Waals surface area contributed by atoms with Crippen molar-refractivity contribution in [2.75, 3.05) is 12.3 Å². The Morgan fingerprint density at radius 3 is 2.23 bits per heavy atom. The highest BCUT2D eigenvalue weighted by atomic mass is 32.2. The van der Waals surface area contributed by atoms with Gasteiger partial charge in [0.1, 0.15) is 0 Å². The third-order valence-corrected chi connectivity index (χ3v) is 7.50. The van der Waals surface area contributed by atoms with Crippen LogP contribution in [0.3, 0.4) is 0 Å². The van der Waals surface area contributed by atoms with E-state index in [2.05, 4.69) is 5.32 Å². The molecule has 1 atom stereocenters. The number of rotatable bonds is 7. The first-order valence-corrected chi connectivity index (χ1v) is 10.5. The predicted octanol–water partition coefficient (Wildman–Crippen LogP) is 1.76. The van der Waals surface area contributed by atoms with Crippen LogP contribution in [0.1, 0.15) is 64.2 Å². The zero-order chi connectivity index (χ0) is 16.0. The molecule has 0 spiro atoms. The number of sulfone groups is 1. The van der Waals surface area contributed by atoms with E-state index in [0.29, 0.717) is 12.5 Å². The number of hydrogen-bond acceptors (Lipinski definition) is 4. The molecule has 2 fully saturated rings. The molecule has 0 aromatic heterocycles. The molecule has 0 aromatic rings. The molecule has 3 N–H and O–H groups in total. The number of hydrogen-bond donors (Lipinski definition) is 2. The van der Waals surface area contributed by atoms with E-state index in [0.717, 1.165) is 38.5 Å². The Morgan fingerprint density at radius 2 is 1.64 bits per heavy atom. The average molecular weight is 330 g/mol. The number of nitrogens with one attached hydrogen (secondary N) is 1. The standard InChI is InChI=1S/C16H30N2O3S/c17-12-15(13-6-2-1-3-7-13)18-16(19)10-11-22(20,21)14-8-4-5-9-14/h13-15H,1-12,17H2,(H,18,19). The van der Waals surface area contributed by atoms with Crippen molar-refractivity contribution < 1.29 is 13.2 Å². The molecule has 0 radical (unpaired) electrons. The third-order valence-electron chi connectivity index (χ3n) is 5.24. The van der Waals surface area contributed by atoms with E-state index < -0.39 is 9.84 Å². The van der Waals surface area contributed by atoms with E-state index >= 15 is 0 Å². The SMILES string of the molecule is NCC(NC(=O)CCS(=O)(=O)C1CCCC1)C1CCCCC1. The van der Waals surface area contributed by atoms with E-state index in [4.69, 9.17) is 5.73 Å². The van der Waals surface area contributed by atoms with Gasteiger partial charge in [-0.3, -0.25) is 4.79 Å². The minimum atomic E-state index is -3.11. The molecule has 6 heteroatoms. The van der Waals surface area contributed by atoms with Gasteiger partial charge in [-0.15, -0.1) is 0 Å². The molecular weight excluding hydrogens is 300 g/mol. The van der Waals surface area contributed by atoms with Gasteiger partial charge in [0.2, 0.25) is 5.91 Å². The van der Waals surface area contributed by atoms with E-state index in [1.165, 1.54) is 19.3 Å². The second-order valence-corrected chi connectivity index (χ2v) is 9.23. The lowest BCUT2D eigenvalue weighted by molar-refractivity contribution is -0.121. The molecule has 2 saturated carbocycles. The molecule has 22 heavy (non-hydrogen) atoms. The molecule has 1 unspecified atom stereocenters. The van der Waals surface area contributed by atoms with Crippen LogP contribution < -0.4 is 11.1 Å². The van der Waals surface area contributed by atoms with Gasteiger partial charge < -0.3 is 11.1 Å². The Bertz CT molecular complexity index is 452. The van der Waals surface area contributed by atoms with E-state index in [1.54, 1.807) is 0 Å². The summed E-state index contributed by atoms with van der Waals surface area (Å²) in [5.41, 5.74) is 5.80. The van der Waals surface area contributed by atoms with Crippen LogP contribution in [0, 0.1) is 5.92 Å². The second kappa shape index (κ2) is 8.29. The van der Waals surface area contributed by atoms with Crippen LogP contribution >= 0.6 is 0 Å². The summed E-state index contributed by atoms with van der Waals surface area (Å²) in [6.07, 6.45) is 9.48. The monoisotopic (exact) mass is 330 g/mol. The molecule has 0 heterocycles. The fourth-order valence-corrected chi connectivity index (χ4v) is 5.69. The number of amides is 1. The van der Waals surface area contributed by atoms with Crippen molar-refractivity contribution in [3.05, 3.63) is 0 Å². The van der Waals surface area contributed by atoms with Crippen molar-refractivity contribution in [2.24, 2.45) is 11.7 Å². The summed E-state index contributed by atoms with van der Waals surface area (Å²) in [4.78, 5) is 12.1. The molecule has 2 aliphatic rings. The first kappa shape index (κ1) is 17.7. The minimum absolute atomic E-state index is 0.00184. The Balaban J connectivity index is 1.78. The predicted molar refractivity (Wildman–Crippen MR) is 88.2 cm³/mol. The van der Waals surface area contributed by atoms with Crippen LogP contribution in [0.5, 0.6) is 0 Å². The van der Waals surface area contributed by atoms with Crippen molar-refractivity contribution in [2.45, 2.75) is 75.5 Å². The third kappa shape index (κ3) is 4.95. The van der Waals surface area contributed by atoms with E-state index in [-0.39, 0.29) is 29.4 Å². The van der Waals surface area contributed by atoms with Gasteiger partial charge in [0.25, 0.3) is 0 Å². The summed E-state index contributed by atoms with van der Waals surface area (Å²) in [7, 11) is -3.11. The number of carbonyl (C=O) groups is 1.